The van der Waals surface area contributed by atoms with E-state index < -0.39 is 11.1 Å². The molecule has 4 amide bonds. The molecule has 0 radical (unpaired) electrons. The summed E-state index contributed by atoms with van der Waals surface area (Å²) in [5, 5.41) is 2.46. The van der Waals surface area contributed by atoms with Crippen LogP contribution in [-0.2, 0) is 9.53 Å². The van der Waals surface area contributed by atoms with E-state index in [1.807, 2.05) is 20.8 Å². The third-order valence-electron chi connectivity index (χ3n) is 4.78. The van der Waals surface area contributed by atoms with Crippen molar-refractivity contribution in [3.05, 3.63) is 0 Å². The lowest BCUT2D eigenvalue weighted by Crippen LogP contribution is -2.58. The summed E-state index contributed by atoms with van der Waals surface area (Å²) in [6.45, 7) is 6.99. The number of urea groups is 1. The number of carbonyl (C=O) groups excluding carboxylic acids is 3. The molecule has 0 unspecified atom stereocenters. The molecule has 1 saturated carbocycles. The van der Waals surface area contributed by atoms with Crippen molar-refractivity contribution >= 4 is 18.0 Å². The highest BCUT2D eigenvalue weighted by atomic mass is 16.6. The van der Waals surface area contributed by atoms with Crippen LogP contribution < -0.4 is 5.32 Å². The first kappa shape index (κ1) is 16.1. The van der Waals surface area contributed by atoms with Crippen molar-refractivity contribution in [2.24, 2.45) is 5.92 Å². The van der Waals surface area contributed by atoms with E-state index in [2.05, 4.69) is 5.32 Å². The first-order valence-electron chi connectivity index (χ1n) is 8.32. The molecule has 128 valence electrons. The first-order valence-corrected chi connectivity index (χ1v) is 8.32. The molecule has 0 bridgehead atoms. The van der Waals surface area contributed by atoms with Gasteiger partial charge < -0.3 is 14.5 Å². The van der Waals surface area contributed by atoms with Gasteiger partial charge in [-0.1, -0.05) is 0 Å². The van der Waals surface area contributed by atoms with Gasteiger partial charge in [-0.05, 0) is 52.4 Å². The fourth-order valence-electron chi connectivity index (χ4n) is 3.30. The lowest BCUT2D eigenvalue weighted by atomic mass is 9.86. The lowest BCUT2D eigenvalue weighted by Gasteiger charge is -2.42. The second-order valence-corrected chi connectivity index (χ2v) is 7.81. The number of amides is 4. The van der Waals surface area contributed by atoms with Gasteiger partial charge in [0.15, 0.2) is 0 Å². The molecule has 1 aliphatic carbocycles. The van der Waals surface area contributed by atoms with Crippen molar-refractivity contribution in [2.75, 3.05) is 19.6 Å². The number of rotatable bonds is 2. The monoisotopic (exact) mass is 323 g/mol. The Morgan fingerprint density at radius 3 is 2.39 bits per heavy atom. The van der Waals surface area contributed by atoms with Crippen LogP contribution >= 0.6 is 0 Å². The van der Waals surface area contributed by atoms with Crippen LogP contribution in [0.5, 0.6) is 0 Å². The van der Waals surface area contributed by atoms with E-state index in [0.29, 0.717) is 38.4 Å². The quantitative estimate of drug-likeness (QED) is 0.785. The molecule has 0 aromatic carbocycles. The number of nitrogens with zero attached hydrogens (tertiary/aromatic N) is 2. The van der Waals surface area contributed by atoms with Gasteiger partial charge in [-0.25, -0.2) is 9.59 Å². The molecule has 7 nitrogen and oxygen atoms in total. The normalized spacial score (nSPS) is 24.1. The molecule has 1 spiro atoms. The van der Waals surface area contributed by atoms with Crippen molar-refractivity contribution in [3.8, 4) is 0 Å². The third kappa shape index (κ3) is 3.14. The highest BCUT2D eigenvalue weighted by Gasteiger charge is 2.55. The standard InChI is InChI=1S/C16H25N3O4/c1-15(2,3)23-14(22)18-8-6-16(7-9-18)12(20)17-13(21)19(16)10-11-4-5-11/h11H,4-10H2,1-3H3,(H,17,20,21). The van der Waals surface area contributed by atoms with Crippen molar-refractivity contribution in [2.45, 2.75) is 57.6 Å². The maximum Gasteiger partial charge on any atom is 0.410 e. The summed E-state index contributed by atoms with van der Waals surface area (Å²) in [5.41, 5.74) is -1.32. The second-order valence-electron chi connectivity index (χ2n) is 7.81. The maximum atomic E-state index is 12.4. The van der Waals surface area contributed by atoms with Gasteiger partial charge in [0.2, 0.25) is 0 Å². The zero-order valence-corrected chi connectivity index (χ0v) is 14.1. The van der Waals surface area contributed by atoms with Crippen molar-refractivity contribution < 1.29 is 19.1 Å². The fourth-order valence-corrected chi connectivity index (χ4v) is 3.30. The van der Waals surface area contributed by atoms with E-state index in [1.165, 1.54) is 0 Å². The third-order valence-corrected chi connectivity index (χ3v) is 4.78. The molecule has 23 heavy (non-hydrogen) atoms. The minimum atomic E-state index is -0.780. The number of imide groups is 1. The van der Waals surface area contributed by atoms with E-state index in [-0.39, 0.29) is 18.0 Å². The van der Waals surface area contributed by atoms with Crippen LogP contribution in [0, 0.1) is 5.92 Å². The predicted molar refractivity (Wildman–Crippen MR) is 82.7 cm³/mol. The molecule has 7 heteroatoms. The summed E-state index contributed by atoms with van der Waals surface area (Å²) in [4.78, 5) is 40.0. The molecule has 2 aliphatic heterocycles. The van der Waals surface area contributed by atoms with Gasteiger partial charge in [-0.15, -0.1) is 0 Å². The summed E-state index contributed by atoms with van der Waals surface area (Å²) < 4.78 is 5.38. The molecule has 2 heterocycles. The molecule has 2 saturated heterocycles. The van der Waals surface area contributed by atoms with Crippen LogP contribution in [0.3, 0.4) is 0 Å². The zero-order valence-electron chi connectivity index (χ0n) is 14.1. The average Bonchev–Trinajstić information content (AvgIpc) is 3.23. The molecule has 0 aromatic heterocycles. The summed E-state index contributed by atoms with van der Waals surface area (Å²) in [7, 11) is 0. The molecule has 0 aromatic rings. The van der Waals surface area contributed by atoms with Crippen molar-refractivity contribution in [3.63, 3.8) is 0 Å². The minimum absolute atomic E-state index is 0.216. The first-order chi connectivity index (χ1) is 10.7. The lowest BCUT2D eigenvalue weighted by molar-refractivity contribution is -0.129. The van der Waals surface area contributed by atoms with Gasteiger partial charge in [0, 0.05) is 19.6 Å². The smallest absolute Gasteiger partial charge is 0.410 e. The van der Waals surface area contributed by atoms with Crippen molar-refractivity contribution in [1.29, 1.82) is 0 Å². The topological polar surface area (TPSA) is 79.0 Å². The second kappa shape index (κ2) is 5.39. The Morgan fingerprint density at radius 2 is 1.87 bits per heavy atom. The van der Waals surface area contributed by atoms with Gasteiger partial charge >= 0.3 is 12.1 Å². The zero-order chi connectivity index (χ0) is 16.8. The summed E-state index contributed by atoms with van der Waals surface area (Å²) in [6.07, 6.45) is 2.83. The van der Waals surface area contributed by atoms with Crippen LogP contribution in [0.1, 0.15) is 46.5 Å². The van der Waals surface area contributed by atoms with Crippen LogP contribution in [-0.4, -0.2) is 58.6 Å². The number of hydrogen-bond acceptors (Lipinski definition) is 4. The highest BCUT2D eigenvalue weighted by Crippen LogP contribution is 2.38. The molecular weight excluding hydrogens is 298 g/mol. The van der Waals surface area contributed by atoms with Gasteiger partial charge in [0.1, 0.15) is 11.1 Å². The Balaban J connectivity index is 1.67. The predicted octanol–water partition coefficient (Wildman–Crippen LogP) is 1.72. The Morgan fingerprint density at radius 1 is 1.26 bits per heavy atom. The number of hydrogen-bond donors (Lipinski definition) is 1. The molecule has 3 aliphatic rings. The van der Waals surface area contributed by atoms with Crippen LogP contribution in [0.25, 0.3) is 0 Å². The average molecular weight is 323 g/mol. The molecule has 0 atom stereocenters. The summed E-state index contributed by atoms with van der Waals surface area (Å²) in [6, 6.07) is -0.285. The molecule has 1 N–H and O–H groups in total. The number of piperidine rings is 1. The van der Waals surface area contributed by atoms with E-state index in [1.54, 1.807) is 9.80 Å². The Hall–Kier alpha value is -1.79. The van der Waals surface area contributed by atoms with Gasteiger partial charge in [-0.3, -0.25) is 10.1 Å². The van der Waals surface area contributed by atoms with E-state index in [4.69, 9.17) is 4.74 Å². The van der Waals surface area contributed by atoms with E-state index >= 15 is 0 Å². The largest absolute Gasteiger partial charge is 0.444 e. The van der Waals surface area contributed by atoms with E-state index in [9.17, 15) is 14.4 Å². The van der Waals surface area contributed by atoms with Gasteiger partial charge in [0.25, 0.3) is 5.91 Å². The fraction of sp³-hybridized carbons (Fsp3) is 0.812. The highest BCUT2D eigenvalue weighted by molar-refractivity contribution is 6.07. The summed E-state index contributed by atoms with van der Waals surface area (Å²) >= 11 is 0. The number of carbonyl (C=O) groups is 3. The minimum Gasteiger partial charge on any atom is -0.444 e. The molecule has 3 rings (SSSR count). The van der Waals surface area contributed by atoms with Crippen LogP contribution in [0.4, 0.5) is 9.59 Å². The number of likely N-dealkylation sites (tertiary alicyclic amines) is 1. The summed E-state index contributed by atoms with van der Waals surface area (Å²) in [5.74, 6) is 0.305. The van der Waals surface area contributed by atoms with Gasteiger partial charge in [0.05, 0.1) is 0 Å². The van der Waals surface area contributed by atoms with Gasteiger partial charge in [-0.2, -0.15) is 0 Å². The molecular formula is C16H25N3O4. The Kier molecular flexibility index (Phi) is 3.77. The maximum absolute atomic E-state index is 12.4. The number of ether oxygens (including phenoxy) is 1. The van der Waals surface area contributed by atoms with Crippen LogP contribution in [0.2, 0.25) is 0 Å². The SMILES string of the molecule is CC(C)(C)OC(=O)N1CCC2(CC1)C(=O)NC(=O)N2CC1CC1. The molecule has 3 fully saturated rings. The Labute approximate surface area is 136 Å². The number of nitrogens with one attached hydrogen (secondary N) is 1. The van der Waals surface area contributed by atoms with E-state index in [0.717, 1.165) is 12.8 Å². The van der Waals surface area contributed by atoms with Crippen molar-refractivity contribution in [1.82, 2.24) is 15.1 Å². The van der Waals surface area contributed by atoms with Crippen LogP contribution in [0.15, 0.2) is 0 Å². The Bertz CT molecular complexity index is 528.